The Morgan fingerprint density at radius 1 is 1.44 bits per heavy atom. The van der Waals surface area contributed by atoms with E-state index in [4.69, 9.17) is 0 Å². The molecule has 0 aromatic heterocycles. The lowest BCUT2D eigenvalue weighted by atomic mass is 10.1. The van der Waals surface area contributed by atoms with Crippen LogP contribution in [0.2, 0.25) is 0 Å². The van der Waals surface area contributed by atoms with Gasteiger partial charge < -0.3 is 10.4 Å². The van der Waals surface area contributed by atoms with Crippen LogP contribution in [0.3, 0.4) is 0 Å². The lowest BCUT2D eigenvalue weighted by Gasteiger charge is -2.15. The average molecular weight is 127 g/mol. The summed E-state index contributed by atoms with van der Waals surface area (Å²) in [6, 6.07) is 0.428. The van der Waals surface area contributed by atoms with Crippen molar-refractivity contribution in [3.63, 3.8) is 0 Å². The highest BCUT2D eigenvalue weighted by Crippen LogP contribution is 2.41. The van der Waals surface area contributed by atoms with E-state index in [0.717, 1.165) is 19.4 Å². The SMILES string of the molecule is OC1([C@@H]2CCCN2)CC1. The minimum atomic E-state index is -0.281. The number of hydrogen-bond donors (Lipinski definition) is 2. The topological polar surface area (TPSA) is 32.3 Å². The van der Waals surface area contributed by atoms with Gasteiger partial charge in [-0.25, -0.2) is 0 Å². The van der Waals surface area contributed by atoms with Gasteiger partial charge in [-0.1, -0.05) is 0 Å². The van der Waals surface area contributed by atoms with Gasteiger partial charge in [0, 0.05) is 6.04 Å². The summed E-state index contributed by atoms with van der Waals surface area (Å²) in [5.74, 6) is 0. The molecule has 0 radical (unpaired) electrons. The van der Waals surface area contributed by atoms with E-state index in [1.165, 1.54) is 12.8 Å². The van der Waals surface area contributed by atoms with Gasteiger partial charge in [0.25, 0.3) is 0 Å². The zero-order valence-corrected chi connectivity index (χ0v) is 5.56. The van der Waals surface area contributed by atoms with Crippen LogP contribution in [0.1, 0.15) is 25.7 Å². The molecule has 0 aromatic rings. The molecule has 1 heterocycles. The Hall–Kier alpha value is -0.0800. The van der Waals surface area contributed by atoms with E-state index in [9.17, 15) is 5.11 Å². The first-order chi connectivity index (χ1) is 4.31. The molecule has 1 saturated heterocycles. The van der Waals surface area contributed by atoms with Crippen LogP contribution < -0.4 is 5.32 Å². The van der Waals surface area contributed by atoms with E-state index in [1.54, 1.807) is 0 Å². The summed E-state index contributed by atoms with van der Waals surface area (Å²) < 4.78 is 0. The zero-order valence-electron chi connectivity index (χ0n) is 5.56. The van der Waals surface area contributed by atoms with Crippen molar-refractivity contribution >= 4 is 0 Å². The monoisotopic (exact) mass is 127 g/mol. The van der Waals surface area contributed by atoms with Gasteiger partial charge >= 0.3 is 0 Å². The second-order valence-corrected chi connectivity index (χ2v) is 3.25. The van der Waals surface area contributed by atoms with Crippen molar-refractivity contribution in [2.45, 2.75) is 37.3 Å². The Morgan fingerprint density at radius 3 is 2.67 bits per heavy atom. The van der Waals surface area contributed by atoms with Crippen LogP contribution in [0.15, 0.2) is 0 Å². The first-order valence-corrected chi connectivity index (χ1v) is 3.77. The highest BCUT2D eigenvalue weighted by Gasteiger charge is 2.48. The molecule has 0 spiro atoms. The molecule has 1 saturated carbocycles. The zero-order chi connectivity index (χ0) is 6.32. The molecule has 2 fully saturated rings. The maximum Gasteiger partial charge on any atom is 0.0802 e. The van der Waals surface area contributed by atoms with E-state index in [1.807, 2.05) is 0 Å². The molecule has 9 heavy (non-hydrogen) atoms. The second-order valence-electron chi connectivity index (χ2n) is 3.25. The minimum Gasteiger partial charge on any atom is -0.388 e. The molecular formula is C7H13NO. The largest absolute Gasteiger partial charge is 0.388 e. The Labute approximate surface area is 55.3 Å². The normalized spacial score (nSPS) is 39.0. The van der Waals surface area contributed by atoms with Crippen LogP contribution in [0.5, 0.6) is 0 Å². The summed E-state index contributed by atoms with van der Waals surface area (Å²) in [6.07, 6.45) is 4.46. The molecule has 2 rings (SSSR count). The van der Waals surface area contributed by atoms with Crippen LogP contribution in [-0.4, -0.2) is 23.3 Å². The summed E-state index contributed by atoms with van der Waals surface area (Å²) in [5.41, 5.74) is -0.281. The molecule has 0 unspecified atom stereocenters. The summed E-state index contributed by atoms with van der Waals surface area (Å²) in [6.45, 7) is 1.10. The number of nitrogens with one attached hydrogen (secondary N) is 1. The standard InChI is InChI=1S/C7H13NO/c9-7(3-4-7)6-2-1-5-8-6/h6,8-9H,1-5H2/t6-/m0/s1. The van der Waals surface area contributed by atoms with Gasteiger partial charge in [-0.3, -0.25) is 0 Å². The second kappa shape index (κ2) is 1.70. The van der Waals surface area contributed by atoms with Crippen LogP contribution >= 0.6 is 0 Å². The molecule has 0 bridgehead atoms. The molecule has 1 aliphatic carbocycles. The van der Waals surface area contributed by atoms with Crippen LogP contribution in [-0.2, 0) is 0 Å². The first kappa shape index (κ1) is 5.69. The van der Waals surface area contributed by atoms with Crippen molar-refractivity contribution in [3.05, 3.63) is 0 Å². The third kappa shape index (κ3) is 0.864. The van der Waals surface area contributed by atoms with E-state index in [2.05, 4.69) is 5.32 Å². The fourth-order valence-electron chi connectivity index (χ4n) is 1.62. The smallest absolute Gasteiger partial charge is 0.0802 e. The Morgan fingerprint density at radius 2 is 2.22 bits per heavy atom. The highest BCUT2D eigenvalue weighted by atomic mass is 16.3. The fourth-order valence-corrected chi connectivity index (χ4v) is 1.62. The van der Waals surface area contributed by atoms with Crippen molar-refractivity contribution < 1.29 is 5.11 Å². The summed E-state index contributed by atoms with van der Waals surface area (Å²) in [4.78, 5) is 0. The molecule has 1 aliphatic heterocycles. The van der Waals surface area contributed by atoms with Gasteiger partial charge in [0.15, 0.2) is 0 Å². The fraction of sp³-hybridized carbons (Fsp3) is 1.00. The van der Waals surface area contributed by atoms with Gasteiger partial charge in [-0.2, -0.15) is 0 Å². The van der Waals surface area contributed by atoms with Crippen molar-refractivity contribution in [1.82, 2.24) is 5.32 Å². The van der Waals surface area contributed by atoms with Crippen molar-refractivity contribution in [2.75, 3.05) is 6.54 Å². The predicted molar refractivity (Wildman–Crippen MR) is 35.2 cm³/mol. The van der Waals surface area contributed by atoms with Crippen LogP contribution in [0, 0.1) is 0 Å². The van der Waals surface area contributed by atoms with Crippen LogP contribution in [0.4, 0.5) is 0 Å². The third-order valence-corrected chi connectivity index (χ3v) is 2.47. The Kier molecular flexibility index (Phi) is 1.08. The van der Waals surface area contributed by atoms with Crippen molar-refractivity contribution in [2.24, 2.45) is 0 Å². The Bertz CT molecular complexity index is 114. The molecule has 1 atom stereocenters. The molecule has 2 aliphatic rings. The molecule has 0 amide bonds. The van der Waals surface area contributed by atoms with Gasteiger partial charge in [0.1, 0.15) is 0 Å². The maximum atomic E-state index is 9.57. The van der Waals surface area contributed by atoms with Gasteiger partial charge in [-0.15, -0.1) is 0 Å². The number of hydrogen-bond acceptors (Lipinski definition) is 2. The Balaban J connectivity index is 1.97. The molecule has 2 heteroatoms. The molecule has 2 nitrogen and oxygen atoms in total. The summed E-state index contributed by atoms with van der Waals surface area (Å²) >= 11 is 0. The quantitative estimate of drug-likeness (QED) is 0.529. The highest BCUT2D eigenvalue weighted by molar-refractivity contribution is 5.04. The summed E-state index contributed by atoms with van der Waals surface area (Å²) in [5, 5.41) is 12.9. The molecule has 0 aromatic carbocycles. The average Bonchev–Trinajstić information content (AvgIpc) is 2.46. The minimum absolute atomic E-state index is 0.281. The predicted octanol–water partition coefficient (Wildman–Crippen LogP) is 0.263. The first-order valence-electron chi connectivity index (χ1n) is 3.77. The lowest BCUT2D eigenvalue weighted by Crippen LogP contribution is -2.36. The summed E-state index contributed by atoms with van der Waals surface area (Å²) in [7, 11) is 0. The van der Waals surface area contributed by atoms with E-state index >= 15 is 0 Å². The molecule has 52 valence electrons. The van der Waals surface area contributed by atoms with E-state index in [-0.39, 0.29) is 5.60 Å². The lowest BCUT2D eigenvalue weighted by molar-refractivity contribution is 0.111. The number of aliphatic hydroxyl groups is 1. The maximum absolute atomic E-state index is 9.57. The van der Waals surface area contributed by atoms with E-state index in [0.29, 0.717) is 6.04 Å². The molecular weight excluding hydrogens is 114 g/mol. The van der Waals surface area contributed by atoms with Gasteiger partial charge in [-0.05, 0) is 32.2 Å². The van der Waals surface area contributed by atoms with Crippen molar-refractivity contribution in [1.29, 1.82) is 0 Å². The van der Waals surface area contributed by atoms with Gasteiger partial charge in [0.05, 0.1) is 5.60 Å². The third-order valence-electron chi connectivity index (χ3n) is 2.47. The van der Waals surface area contributed by atoms with Crippen LogP contribution in [0.25, 0.3) is 0 Å². The van der Waals surface area contributed by atoms with Gasteiger partial charge in [0.2, 0.25) is 0 Å². The van der Waals surface area contributed by atoms with Crippen molar-refractivity contribution in [3.8, 4) is 0 Å². The number of rotatable bonds is 1. The molecule has 2 N–H and O–H groups in total. The van der Waals surface area contributed by atoms with E-state index < -0.39 is 0 Å².